The van der Waals surface area contributed by atoms with E-state index in [0.717, 1.165) is 18.5 Å². The van der Waals surface area contributed by atoms with E-state index in [1.165, 1.54) is 16.8 Å². The van der Waals surface area contributed by atoms with Gasteiger partial charge in [-0.05, 0) is 37.0 Å². The molecule has 3 aromatic rings. The lowest BCUT2D eigenvalue weighted by Crippen LogP contribution is -2.35. The van der Waals surface area contributed by atoms with Crippen molar-refractivity contribution in [3.8, 4) is 0 Å². The summed E-state index contributed by atoms with van der Waals surface area (Å²) in [6.45, 7) is 8.88. The Morgan fingerprint density at radius 2 is 2.17 bits per heavy atom. The maximum Gasteiger partial charge on any atom is 0.259 e. The zero-order valence-electron chi connectivity index (χ0n) is 16.8. The molecule has 0 aromatic carbocycles. The van der Waals surface area contributed by atoms with Crippen molar-refractivity contribution in [3.05, 3.63) is 53.7 Å². The lowest BCUT2D eigenvalue weighted by Gasteiger charge is -2.29. The van der Waals surface area contributed by atoms with Crippen LogP contribution in [0.15, 0.2) is 31.1 Å². The Balaban J connectivity index is 1.79. The van der Waals surface area contributed by atoms with E-state index in [-0.39, 0.29) is 17.4 Å². The minimum absolute atomic E-state index is 0.110. The number of hydrogen-bond acceptors (Lipinski definition) is 6. The van der Waals surface area contributed by atoms with Gasteiger partial charge >= 0.3 is 0 Å². The predicted molar refractivity (Wildman–Crippen MR) is 111 cm³/mol. The smallest absolute Gasteiger partial charge is 0.259 e. The fraction of sp³-hybridized carbons (Fsp3) is 0.333. The number of amides is 1. The number of fused-ring (bicyclic) bond motifs is 5. The first-order chi connectivity index (χ1) is 14.3. The summed E-state index contributed by atoms with van der Waals surface area (Å²) in [6.07, 6.45) is 3.75. The van der Waals surface area contributed by atoms with E-state index in [1.807, 2.05) is 13.0 Å². The van der Waals surface area contributed by atoms with Gasteiger partial charge in [-0.2, -0.15) is 0 Å². The Bertz CT molecular complexity index is 1200. The van der Waals surface area contributed by atoms with Gasteiger partial charge < -0.3 is 16.0 Å². The van der Waals surface area contributed by atoms with Crippen LogP contribution in [0.4, 0.5) is 16.0 Å². The molecular weight excluding hydrogens is 385 g/mol. The summed E-state index contributed by atoms with van der Waals surface area (Å²) in [6, 6.07) is 2.79. The van der Waals surface area contributed by atoms with Crippen LogP contribution in [0, 0.1) is 11.7 Å². The maximum absolute atomic E-state index is 14.2. The molecule has 154 valence electrons. The van der Waals surface area contributed by atoms with Gasteiger partial charge in [0.2, 0.25) is 0 Å². The fourth-order valence-electron chi connectivity index (χ4n) is 4.45. The van der Waals surface area contributed by atoms with Crippen molar-refractivity contribution in [2.75, 3.05) is 17.2 Å². The average molecular weight is 407 g/mol. The van der Waals surface area contributed by atoms with E-state index < -0.39 is 17.8 Å². The van der Waals surface area contributed by atoms with Gasteiger partial charge in [-0.1, -0.05) is 13.5 Å². The number of rotatable bonds is 0. The number of carbonyl (C=O) groups is 1. The molecule has 3 atom stereocenters. The van der Waals surface area contributed by atoms with Crippen molar-refractivity contribution < 1.29 is 9.18 Å². The summed E-state index contributed by atoms with van der Waals surface area (Å²) >= 11 is 0. The molecule has 2 aliphatic heterocycles. The SMILES string of the molecule is C=C1c2ncc(F)cc2C2CC(C)CN2c2ccn3nc(N)c(c3n2)C(=O)NC1C. The fourth-order valence-corrected chi connectivity index (χ4v) is 4.45. The number of nitrogens with two attached hydrogens (primary N) is 1. The first-order valence-corrected chi connectivity index (χ1v) is 9.90. The lowest BCUT2D eigenvalue weighted by molar-refractivity contribution is 0.0950. The van der Waals surface area contributed by atoms with Crippen LogP contribution in [0.1, 0.15) is 47.9 Å². The molecule has 0 saturated carbocycles. The van der Waals surface area contributed by atoms with E-state index in [0.29, 0.717) is 28.6 Å². The summed E-state index contributed by atoms with van der Waals surface area (Å²) in [4.78, 5) is 24.2. The van der Waals surface area contributed by atoms with E-state index in [1.54, 1.807) is 6.20 Å². The van der Waals surface area contributed by atoms with Crippen LogP contribution < -0.4 is 16.0 Å². The quantitative estimate of drug-likeness (QED) is 0.594. The van der Waals surface area contributed by atoms with Gasteiger partial charge in [0, 0.05) is 18.3 Å². The van der Waals surface area contributed by atoms with Crippen LogP contribution in [0.25, 0.3) is 11.2 Å². The Morgan fingerprint density at radius 3 is 2.97 bits per heavy atom. The Kier molecular flexibility index (Phi) is 4.02. The third kappa shape index (κ3) is 2.72. The predicted octanol–water partition coefficient (Wildman–Crippen LogP) is 2.58. The van der Waals surface area contributed by atoms with Crippen LogP contribution in [-0.4, -0.2) is 38.1 Å². The van der Waals surface area contributed by atoms with E-state index in [9.17, 15) is 9.18 Å². The van der Waals surface area contributed by atoms with Gasteiger partial charge in [0.05, 0.1) is 24.0 Å². The number of hydrogen-bond donors (Lipinski definition) is 2. The molecular formula is C21H22FN7O. The summed E-state index contributed by atoms with van der Waals surface area (Å²) in [5, 5.41) is 7.13. The minimum atomic E-state index is -0.446. The van der Waals surface area contributed by atoms with Crippen LogP contribution in [0.2, 0.25) is 0 Å². The van der Waals surface area contributed by atoms with E-state index in [4.69, 9.17) is 10.7 Å². The first-order valence-electron chi connectivity index (χ1n) is 9.90. The van der Waals surface area contributed by atoms with Crippen molar-refractivity contribution in [3.63, 3.8) is 0 Å². The molecule has 0 spiro atoms. The zero-order valence-corrected chi connectivity index (χ0v) is 16.8. The van der Waals surface area contributed by atoms with Gasteiger partial charge in [0.1, 0.15) is 17.2 Å². The normalized spacial score (nSPS) is 23.7. The van der Waals surface area contributed by atoms with Crippen molar-refractivity contribution >= 4 is 28.8 Å². The topological polar surface area (TPSA) is 101 Å². The number of nitrogens with one attached hydrogen (secondary N) is 1. The number of carbonyl (C=O) groups excluding carboxylic acids is 1. The highest BCUT2D eigenvalue weighted by molar-refractivity contribution is 6.05. The van der Waals surface area contributed by atoms with Crippen LogP contribution in [-0.2, 0) is 0 Å². The molecule has 3 aromatic heterocycles. The second kappa shape index (κ2) is 6.51. The van der Waals surface area contributed by atoms with Crippen molar-refractivity contribution in [2.45, 2.75) is 32.4 Å². The summed E-state index contributed by atoms with van der Waals surface area (Å²) in [5.41, 5.74) is 8.61. The van der Waals surface area contributed by atoms with E-state index in [2.05, 4.69) is 33.8 Å². The standard InChI is InChI=1S/C21H22FN7O/c1-10-6-15-14-7-13(22)8-24-18(14)11(2)12(3)25-21(30)17-19(23)27-29-5-4-16(26-20(17)29)28(15)9-10/h4-5,7-8,10,12,15H,2,6,9H2,1,3H3,(H2,23,27)(H,25,30). The Hall–Kier alpha value is -3.49. The van der Waals surface area contributed by atoms with Crippen molar-refractivity contribution in [1.82, 2.24) is 24.9 Å². The van der Waals surface area contributed by atoms with Gasteiger partial charge in [0.25, 0.3) is 5.91 Å². The summed E-state index contributed by atoms with van der Waals surface area (Å²) < 4.78 is 15.7. The number of nitrogen functional groups attached to an aromatic ring is 1. The molecule has 3 unspecified atom stereocenters. The molecule has 5 rings (SSSR count). The van der Waals surface area contributed by atoms with Gasteiger partial charge in [-0.15, -0.1) is 5.10 Å². The van der Waals surface area contributed by atoms with E-state index >= 15 is 0 Å². The van der Waals surface area contributed by atoms with Gasteiger partial charge in [-0.25, -0.2) is 13.9 Å². The number of aromatic nitrogens is 4. The molecule has 3 N–H and O–H groups in total. The molecule has 0 radical (unpaired) electrons. The van der Waals surface area contributed by atoms with Crippen LogP contribution >= 0.6 is 0 Å². The second-order valence-electron chi connectivity index (χ2n) is 8.13. The van der Waals surface area contributed by atoms with Crippen LogP contribution in [0.3, 0.4) is 0 Å². The molecule has 5 heterocycles. The summed E-state index contributed by atoms with van der Waals surface area (Å²) in [7, 11) is 0. The number of nitrogens with zero attached hydrogens (tertiary/aromatic N) is 5. The zero-order chi connectivity index (χ0) is 21.2. The Morgan fingerprint density at radius 1 is 1.37 bits per heavy atom. The minimum Gasteiger partial charge on any atom is -0.381 e. The number of pyridine rings is 1. The molecule has 1 amide bonds. The Labute approximate surface area is 172 Å². The molecule has 2 aliphatic rings. The third-order valence-electron chi connectivity index (χ3n) is 5.95. The third-order valence-corrected chi connectivity index (χ3v) is 5.95. The van der Waals surface area contributed by atoms with Crippen LogP contribution in [0.5, 0.6) is 0 Å². The van der Waals surface area contributed by atoms with Gasteiger partial charge in [-0.3, -0.25) is 9.78 Å². The molecule has 8 nitrogen and oxygen atoms in total. The highest BCUT2D eigenvalue weighted by Crippen LogP contribution is 2.41. The molecule has 0 aliphatic carbocycles. The summed E-state index contributed by atoms with van der Waals surface area (Å²) in [5.74, 6) is 0.365. The van der Waals surface area contributed by atoms with Crippen molar-refractivity contribution in [2.24, 2.45) is 5.92 Å². The highest BCUT2D eigenvalue weighted by atomic mass is 19.1. The number of halogens is 1. The van der Waals surface area contributed by atoms with Crippen molar-refractivity contribution in [1.29, 1.82) is 0 Å². The molecule has 30 heavy (non-hydrogen) atoms. The molecule has 9 heteroatoms. The molecule has 1 fully saturated rings. The monoisotopic (exact) mass is 407 g/mol. The first kappa shape index (κ1) is 18.5. The second-order valence-corrected chi connectivity index (χ2v) is 8.13. The lowest BCUT2D eigenvalue weighted by atomic mass is 9.94. The number of anilines is 2. The average Bonchev–Trinajstić information content (AvgIpc) is 3.25. The van der Waals surface area contributed by atoms with Gasteiger partial charge in [0.15, 0.2) is 11.5 Å². The molecule has 1 saturated heterocycles. The molecule has 2 bridgehead atoms. The maximum atomic E-state index is 14.2. The highest BCUT2D eigenvalue weighted by Gasteiger charge is 2.36. The largest absolute Gasteiger partial charge is 0.381 e.